The van der Waals surface area contributed by atoms with Gasteiger partial charge in [0.05, 0.1) is 12.2 Å². The number of hydrogen-bond acceptors (Lipinski definition) is 3. The highest BCUT2D eigenvalue weighted by molar-refractivity contribution is 6.30. The van der Waals surface area contributed by atoms with Crippen molar-refractivity contribution >= 4 is 34.7 Å². The van der Waals surface area contributed by atoms with Crippen LogP contribution < -0.4 is 10.6 Å². The zero-order chi connectivity index (χ0) is 15.2. The van der Waals surface area contributed by atoms with Gasteiger partial charge < -0.3 is 10.6 Å². The van der Waals surface area contributed by atoms with Crippen LogP contribution in [0.3, 0.4) is 0 Å². The molecule has 21 heavy (non-hydrogen) atoms. The fraction of sp³-hybridized carbons (Fsp3) is 0.125. The van der Waals surface area contributed by atoms with Gasteiger partial charge in [0.1, 0.15) is 0 Å². The van der Waals surface area contributed by atoms with Crippen molar-refractivity contribution in [2.75, 3.05) is 17.2 Å². The molecule has 2 aromatic carbocycles. The van der Waals surface area contributed by atoms with Crippen molar-refractivity contribution < 1.29 is 9.59 Å². The molecule has 0 aliphatic carbocycles. The highest BCUT2D eigenvalue weighted by Crippen LogP contribution is 2.16. The van der Waals surface area contributed by atoms with E-state index < -0.39 is 0 Å². The number of nitrogens with one attached hydrogen (secondary N) is 2. The van der Waals surface area contributed by atoms with E-state index in [0.29, 0.717) is 16.3 Å². The summed E-state index contributed by atoms with van der Waals surface area (Å²) in [5.41, 5.74) is 1.82. The zero-order valence-corrected chi connectivity index (χ0v) is 12.3. The molecule has 0 saturated carbocycles. The number of para-hydroxylation sites is 1. The molecule has 0 heterocycles. The van der Waals surface area contributed by atoms with Gasteiger partial charge in [0.15, 0.2) is 5.78 Å². The molecule has 0 radical (unpaired) electrons. The average molecular weight is 303 g/mol. The minimum absolute atomic E-state index is 0.0865. The van der Waals surface area contributed by atoms with Gasteiger partial charge in [0, 0.05) is 16.3 Å². The molecule has 4 nitrogen and oxygen atoms in total. The number of carbonyl (C=O) groups excluding carboxylic acids is 2. The summed E-state index contributed by atoms with van der Waals surface area (Å²) in [5.74, 6) is -0.310. The number of Topliss-reactive ketones (excluding diaryl/α,β-unsaturated/α-hetero) is 1. The second-order valence-corrected chi connectivity index (χ2v) is 4.95. The number of anilines is 2. The van der Waals surface area contributed by atoms with Gasteiger partial charge in [-0.2, -0.15) is 0 Å². The Bertz CT molecular complexity index is 654. The lowest BCUT2D eigenvalue weighted by Gasteiger charge is -2.10. The summed E-state index contributed by atoms with van der Waals surface area (Å²) in [5, 5.41) is 6.35. The second-order valence-electron chi connectivity index (χ2n) is 4.51. The first-order valence-corrected chi connectivity index (χ1v) is 6.83. The van der Waals surface area contributed by atoms with Crippen molar-refractivity contribution in [3.63, 3.8) is 0 Å². The largest absolute Gasteiger partial charge is 0.376 e. The molecule has 0 aliphatic rings. The lowest BCUT2D eigenvalue weighted by atomic mass is 10.1. The first kappa shape index (κ1) is 15.1. The number of rotatable bonds is 5. The topological polar surface area (TPSA) is 58.2 Å². The van der Waals surface area contributed by atoms with E-state index in [1.165, 1.54) is 6.92 Å². The third-order valence-corrected chi connectivity index (χ3v) is 3.13. The molecule has 0 unspecified atom stereocenters. The molecule has 1 amide bonds. The first-order valence-electron chi connectivity index (χ1n) is 6.45. The van der Waals surface area contributed by atoms with Gasteiger partial charge in [-0.25, -0.2) is 0 Å². The van der Waals surface area contributed by atoms with Crippen LogP contribution in [0.4, 0.5) is 11.4 Å². The second kappa shape index (κ2) is 6.90. The van der Waals surface area contributed by atoms with Crippen molar-refractivity contribution in [2.24, 2.45) is 0 Å². The van der Waals surface area contributed by atoms with Gasteiger partial charge in [-0.1, -0.05) is 23.7 Å². The average Bonchev–Trinajstić information content (AvgIpc) is 2.47. The maximum atomic E-state index is 11.9. The van der Waals surface area contributed by atoms with Crippen LogP contribution in [0, 0.1) is 0 Å². The van der Waals surface area contributed by atoms with Crippen LogP contribution in [0.5, 0.6) is 0 Å². The highest BCUT2D eigenvalue weighted by atomic mass is 35.5. The van der Waals surface area contributed by atoms with Crippen LogP contribution in [-0.2, 0) is 4.79 Å². The van der Waals surface area contributed by atoms with Crippen molar-refractivity contribution in [3.8, 4) is 0 Å². The molecule has 2 rings (SSSR count). The highest BCUT2D eigenvalue weighted by Gasteiger charge is 2.09. The smallest absolute Gasteiger partial charge is 0.243 e. The summed E-state index contributed by atoms with van der Waals surface area (Å²) in [4.78, 5) is 23.4. The van der Waals surface area contributed by atoms with E-state index >= 15 is 0 Å². The van der Waals surface area contributed by atoms with Crippen molar-refractivity contribution in [3.05, 3.63) is 59.1 Å². The molecule has 0 atom stereocenters. The maximum absolute atomic E-state index is 11.9. The number of amides is 1. The Morgan fingerprint density at radius 3 is 2.38 bits per heavy atom. The van der Waals surface area contributed by atoms with Gasteiger partial charge in [-0.3, -0.25) is 9.59 Å². The Morgan fingerprint density at radius 1 is 1.05 bits per heavy atom. The van der Waals surface area contributed by atoms with Gasteiger partial charge in [0.2, 0.25) is 5.91 Å². The van der Waals surface area contributed by atoms with Gasteiger partial charge >= 0.3 is 0 Å². The van der Waals surface area contributed by atoms with Crippen molar-refractivity contribution in [1.29, 1.82) is 0 Å². The lowest BCUT2D eigenvalue weighted by molar-refractivity contribution is -0.114. The number of hydrogen-bond donors (Lipinski definition) is 2. The van der Waals surface area contributed by atoms with Crippen LogP contribution in [0.15, 0.2) is 48.5 Å². The SMILES string of the molecule is CC(=O)c1ccccc1NC(=O)CNc1ccc(Cl)cc1. The van der Waals surface area contributed by atoms with Crippen molar-refractivity contribution in [2.45, 2.75) is 6.92 Å². The fourth-order valence-electron chi connectivity index (χ4n) is 1.84. The molecule has 0 bridgehead atoms. The fourth-order valence-corrected chi connectivity index (χ4v) is 1.97. The summed E-state index contributed by atoms with van der Waals surface area (Å²) < 4.78 is 0. The summed E-state index contributed by atoms with van der Waals surface area (Å²) in [6, 6.07) is 14.0. The van der Waals surface area contributed by atoms with E-state index in [2.05, 4.69) is 10.6 Å². The predicted molar refractivity (Wildman–Crippen MR) is 85.0 cm³/mol. The molecule has 0 spiro atoms. The molecule has 0 aromatic heterocycles. The molecule has 2 aromatic rings. The molecular weight excluding hydrogens is 288 g/mol. The first-order chi connectivity index (χ1) is 10.1. The molecule has 0 aliphatic heterocycles. The van der Waals surface area contributed by atoms with Crippen LogP contribution in [-0.4, -0.2) is 18.2 Å². The minimum atomic E-state index is -0.223. The molecular formula is C16H15ClN2O2. The van der Waals surface area contributed by atoms with E-state index in [0.717, 1.165) is 5.69 Å². The third kappa shape index (κ3) is 4.33. The molecule has 5 heteroatoms. The number of ketones is 1. The Labute approximate surface area is 128 Å². The van der Waals surface area contributed by atoms with Crippen LogP contribution in [0.25, 0.3) is 0 Å². The molecule has 0 saturated heterocycles. The normalized spacial score (nSPS) is 10.0. The van der Waals surface area contributed by atoms with Gasteiger partial charge in [-0.15, -0.1) is 0 Å². The predicted octanol–water partition coefficient (Wildman–Crippen LogP) is 3.59. The van der Waals surface area contributed by atoms with Crippen LogP contribution in [0.2, 0.25) is 5.02 Å². The number of halogens is 1. The van der Waals surface area contributed by atoms with Crippen LogP contribution in [0.1, 0.15) is 17.3 Å². The quantitative estimate of drug-likeness (QED) is 0.830. The molecule has 2 N–H and O–H groups in total. The van der Waals surface area contributed by atoms with E-state index in [4.69, 9.17) is 11.6 Å². The maximum Gasteiger partial charge on any atom is 0.243 e. The summed E-state index contributed by atoms with van der Waals surface area (Å²) >= 11 is 5.79. The Hall–Kier alpha value is -2.33. The van der Waals surface area contributed by atoms with Gasteiger partial charge in [0.25, 0.3) is 0 Å². The van der Waals surface area contributed by atoms with Crippen LogP contribution >= 0.6 is 11.6 Å². The third-order valence-electron chi connectivity index (χ3n) is 2.88. The Kier molecular flexibility index (Phi) is 4.95. The number of carbonyl (C=O) groups is 2. The molecule has 0 fully saturated rings. The van der Waals surface area contributed by atoms with E-state index in [-0.39, 0.29) is 18.2 Å². The van der Waals surface area contributed by atoms with E-state index in [9.17, 15) is 9.59 Å². The Morgan fingerprint density at radius 2 is 1.71 bits per heavy atom. The van der Waals surface area contributed by atoms with Gasteiger partial charge in [-0.05, 0) is 43.3 Å². The summed E-state index contributed by atoms with van der Waals surface area (Å²) in [7, 11) is 0. The zero-order valence-electron chi connectivity index (χ0n) is 11.5. The number of benzene rings is 2. The standard InChI is InChI=1S/C16H15ClN2O2/c1-11(20)14-4-2-3-5-15(14)19-16(21)10-18-13-8-6-12(17)7-9-13/h2-9,18H,10H2,1H3,(H,19,21). The Balaban J connectivity index is 1.96. The monoisotopic (exact) mass is 302 g/mol. The summed E-state index contributed by atoms with van der Waals surface area (Å²) in [6.45, 7) is 1.57. The van der Waals surface area contributed by atoms with E-state index in [1.807, 2.05) is 0 Å². The molecule has 108 valence electrons. The van der Waals surface area contributed by atoms with Crippen molar-refractivity contribution in [1.82, 2.24) is 0 Å². The lowest BCUT2D eigenvalue weighted by Crippen LogP contribution is -2.22. The summed E-state index contributed by atoms with van der Waals surface area (Å²) in [6.07, 6.45) is 0. The van der Waals surface area contributed by atoms with E-state index in [1.54, 1.807) is 48.5 Å². The minimum Gasteiger partial charge on any atom is -0.376 e.